The lowest BCUT2D eigenvalue weighted by Gasteiger charge is -2.15. The number of hydrogen-bond acceptors (Lipinski definition) is 3. The van der Waals surface area contributed by atoms with Crippen molar-refractivity contribution in [1.82, 2.24) is 15.0 Å². The highest BCUT2D eigenvalue weighted by Crippen LogP contribution is 2.34. The minimum absolute atomic E-state index is 0.137. The monoisotopic (exact) mass is 422 g/mol. The summed E-state index contributed by atoms with van der Waals surface area (Å²) in [4.78, 5) is 12.2. The first-order valence-corrected chi connectivity index (χ1v) is 9.86. The van der Waals surface area contributed by atoms with Crippen LogP contribution in [0.2, 0.25) is 0 Å². The minimum Gasteiger partial charge on any atom is -0.369 e. The van der Waals surface area contributed by atoms with E-state index in [2.05, 4.69) is 15.1 Å². The molecule has 0 saturated heterocycles. The highest BCUT2D eigenvalue weighted by atomic mass is 19.1. The lowest BCUT2D eigenvalue weighted by molar-refractivity contribution is 0.418. The van der Waals surface area contributed by atoms with Crippen molar-refractivity contribution in [3.8, 4) is 11.1 Å². The number of hydrogen-bond donors (Lipinski definition) is 1. The van der Waals surface area contributed by atoms with E-state index in [-0.39, 0.29) is 11.7 Å². The summed E-state index contributed by atoms with van der Waals surface area (Å²) in [5.74, 6) is 0.609. The average Bonchev–Trinajstić information content (AvgIpc) is 3.21. The standard InChI is InChI=1S/C23H27FN6O/c1-15(16-10-6-7-11-17(16)18-12-8-9-13-19(18)24)20-14-21(31-28-20)26-23(30(4)5)27-22(25)29(2)3/h6-15H,1-5H3,(H2,25,26,27). The predicted molar refractivity (Wildman–Crippen MR) is 122 cm³/mol. The molecule has 162 valence electrons. The predicted octanol–water partition coefficient (Wildman–Crippen LogP) is 4.06. The molecule has 1 atom stereocenters. The molecule has 31 heavy (non-hydrogen) atoms. The Hall–Kier alpha value is -3.68. The summed E-state index contributed by atoms with van der Waals surface area (Å²) in [5, 5.41) is 4.19. The molecule has 3 rings (SSSR count). The van der Waals surface area contributed by atoms with Gasteiger partial charge in [-0.1, -0.05) is 54.5 Å². The molecule has 7 nitrogen and oxygen atoms in total. The number of halogens is 1. The number of rotatable bonds is 4. The number of benzene rings is 2. The lowest BCUT2D eigenvalue weighted by atomic mass is 9.89. The van der Waals surface area contributed by atoms with Crippen LogP contribution in [0.15, 0.2) is 69.1 Å². The number of nitrogens with zero attached hydrogens (tertiary/aromatic N) is 5. The van der Waals surface area contributed by atoms with E-state index in [1.165, 1.54) is 6.07 Å². The fourth-order valence-electron chi connectivity index (χ4n) is 3.02. The molecule has 2 aromatic carbocycles. The average molecular weight is 423 g/mol. The fourth-order valence-corrected chi connectivity index (χ4v) is 3.02. The van der Waals surface area contributed by atoms with Crippen LogP contribution in [0, 0.1) is 5.82 Å². The maximum Gasteiger partial charge on any atom is 0.253 e. The number of aliphatic imine (C=N–C) groups is 2. The van der Waals surface area contributed by atoms with Crippen LogP contribution in [-0.2, 0) is 0 Å². The first kappa shape index (κ1) is 22.0. The Morgan fingerprint density at radius 3 is 2.29 bits per heavy atom. The SMILES string of the molecule is CC(c1cc(N=C(N=C(N)N(C)C)N(C)C)on1)c1ccccc1-c1ccccc1F. The van der Waals surface area contributed by atoms with Gasteiger partial charge in [0.05, 0.1) is 5.69 Å². The second kappa shape index (κ2) is 9.42. The Balaban J connectivity index is 1.95. The molecule has 0 spiro atoms. The molecule has 0 aliphatic rings. The van der Waals surface area contributed by atoms with Crippen molar-refractivity contribution >= 4 is 17.8 Å². The third-order valence-electron chi connectivity index (χ3n) is 4.83. The van der Waals surface area contributed by atoms with E-state index in [1.807, 2.05) is 51.4 Å². The van der Waals surface area contributed by atoms with Gasteiger partial charge in [-0.3, -0.25) is 0 Å². The van der Waals surface area contributed by atoms with Gasteiger partial charge in [0, 0.05) is 45.7 Å². The summed E-state index contributed by atoms with van der Waals surface area (Å²) in [6.45, 7) is 2.00. The van der Waals surface area contributed by atoms with Crippen molar-refractivity contribution in [2.45, 2.75) is 12.8 Å². The molecule has 0 amide bonds. The van der Waals surface area contributed by atoms with E-state index in [9.17, 15) is 4.39 Å². The van der Waals surface area contributed by atoms with Crippen LogP contribution in [0.1, 0.15) is 24.1 Å². The van der Waals surface area contributed by atoms with Gasteiger partial charge in [-0.25, -0.2) is 4.39 Å². The van der Waals surface area contributed by atoms with E-state index >= 15 is 0 Å². The van der Waals surface area contributed by atoms with Crippen molar-refractivity contribution in [2.75, 3.05) is 28.2 Å². The van der Waals surface area contributed by atoms with Crippen LogP contribution in [0.4, 0.5) is 10.3 Å². The van der Waals surface area contributed by atoms with Crippen molar-refractivity contribution in [2.24, 2.45) is 15.7 Å². The van der Waals surface area contributed by atoms with E-state index < -0.39 is 0 Å². The smallest absolute Gasteiger partial charge is 0.253 e. The first-order chi connectivity index (χ1) is 14.8. The molecule has 2 N–H and O–H groups in total. The molecular formula is C23H27FN6O. The molecular weight excluding hydrogens is 395 g/mol. The summed E-state index contributed by atoms with van der Waals surface area (Å²) in [5.41, 5.74) is 8.91. The highest BCUT2D eigenvalue weighted by Gasteiger charge is 2.19. The van der Waals surface area contributed by atoms with Crippen molar-refractivity contribution in [1.29, 1.82) is 0 Å². The van der Waals surface area contributed by atoms with Gasteiger partial charge in [0.2, 0.25) is 5.96 Å². The summed E-state index contributed by atoms with van der Waals surface area (Å²) in [6, 6.07) is 16.2. The molecule has 0 aliphatic carbocycles. The van der Waals surface area contributed by atoms with Crippen LogP contribution in [0.25, 0.3) is 11.1 Å². The normalized spacial score (nSPS) is 13.2. The fraction of sp³-hybridized carbons (Fsp3) is 0.261. The number of aromatic nitrogens is 1. The van der Waals surface area contributed by atoms with Crippen LogP contribution in [-0.4, -0.2) is 55.1 Å². The first-order valence-electron chi connectivity index (χ1n) is 9.86. The van der Waals surface area contributed by atoms with E-state index in [4.69, 9.17) is 10.3 Å². The maximum absolute atomic E-state index is 14.4. The minimum atomic E-state index is -0.264. The Morgan fingerprint density at radius 2 is 1.65 bits per heavy atom. The summed E-state index contributed by atoms with van der Waals surface area (Å²) < 4.78 is 19.9. The van der Waals surface area contributed by atoms with Gasteiger partial charge >= 0.3 is 0 Å². The molecule has 3 aromatic rings. The largest absolute Gasteiger partial charge is 0.369 e. The third-order valence-corrected chi connectivity index (χ3v) is 4.83. The van der Waals surface area contributed by atoms with Gasteiger partial charge in [-0.15, -0.1) is 0 Å². The van der Waals surface area contributed by atoms with Crippen molar-refractivity contribution < 1.29 is 8.91 Å². The van der Waals surface area contributed by atoms with Gasteiger partial charge < -0.3 is 20.1 Å². The summed E-state index contributed by atoms with van der Waals surface area (Å²) in [6.07, 6.45) is 0. The zero-order valence-corrected chi connectivity index (χ0v) is 18.4. The molecule has 1 heterocycles. The van der Waals surface area contributed by atoms with E-state index in [0.717, 1.165) is 11.1 Å². The molecule has 1 aromatic heterocycles. The van der Waals surface area contributed by atoms with Crippen LogP contribution < -0.4 is 5.73 Å². The Bertz CT molecular complexity index is 1100. The van der Waals surface area contributed by atoms with Gasteiger partial charge in [-0.2, -0.15) is 9.98 Å². The van der Waals surface area contributed by atoms with Crippen LogP contribution in [0.5, 0.6) is 0 Å². The second-order valence-electron chi connectivity index (χ2n) is 7.55. The Kier molecular flexibility index (Phi) is 6.69. The molecule has 0 saturated carbocycles. The quantitative estimate of drug-likeness (QED) is 0.506. The van der Waals surface area contributed by atoms with Gasteiger partial charge in [-0.05, 0) is 17.2 Å². The van der Waals surface area contributed by atoms with Crippen LogP contribution in [0.3, 0.4) is 0 Å². The van der Waals surface area contributed by atoms with Gasteiger partial charge in [0.25, 0.3) is 5.88 Å². The van der Waals surface area contributed by atoms with Gasteiger partial charge in [0.15, 0.2) is 5.96 Å². The maximum atomic E-state index is 14.4. The zero-order chi connectivity index (χ0) is 22.5. The molecule has 0 aliphatic heterocycles. The third kappa shape index (κ3) is 5.09. The van der Waals surface area contributed by atoms with Crippen molar-refractivity contribution in [3.05, 3.63) is 71.7 Å². The molecule has 0 radical (unpaired) electrons. The molecule has 1 unspecified atom stereocenters. The number of guanidine groups is 2. The van der Waals surface area contributed by atoms with Crippen molar-refractivity contribution in [3.63, 3.8) is 0 Å². The zero-order valence-electron chi connectivity index (χ0n) is 18.4. The van der Waals surface area contributed by atoms with E-state index in [0.29, 0.717) is 29.1 Å². The molecule has 8 heteroatoms. The number of nitrogens with two attached hydrogens (primary N) is 1. The second-order valence-corrected chi connectivity index (χ2v) is 7.55. The van der Waals surface area contributed by atoms with E-state index in [1.54, 1.807) is 42.1 Å². The molecule has 0 bridgehead atoms. The highest BCUT2D eigenvalue weighted by molar-refractivity contribution is 5.94. The van der Waals surface area contributed by atoms with Crippen LogP contribution >= 0.6 is 0 Å². The Labute approximate surface area is 181 Å². The topological polar surface area (TPSA) is 83.2 Å². The summed E-state index contributed by atoms with van der Waals surface area (Å²) >= 11 is 0. The van der Waals surface area contributed by atoms with Gasteiger partial charge in [0.1, 0.15) is 5.82 Å². The Morgan fingerprint density at radius 1 is 1.00 bits per heavy atom. The molecule has 0 fully saturated rings. The summed E-state index contributed by atoms with van der Waals surface area (Å²) in [7, 11) is 7.23. The lowest BCUT2D eigenvalue weighted by Crippen LogP contribution is -2.33.